The number of hydrogen-bond acceptors (Lipinski definition) is 4. The summed E-state index contributed by atoms with van der Waals surface area (Å²) in [6, 6.07) is 23.0. The van der Waals surface area contributed by atoms with E-state index in [1.807, 2.05) is 49.5 Å². The van der Waals surface area contributed by atoms with Crippen LogP contribution >= 0.6 is 0 Å². The maximum Gasteiger partial charge on any atom is 0.274 e. The lowest BCUT2D eigenvalue weighted by Crippen LogP contribution is -2.20. The van der Waals surface area contributed by atoms with E-state index in [0.29, 0.717) is 16.9 Å². The molecule has 1 aromatic heterocycles. The summed E-state index contributed by atoms with van der Waals surface area (Å²) in [5, 5.41) is 11.9. The Bertz CT molecular complexity index is 993. The molecule has 0 bridgehead atoms. The molecule has 0 aliphatic carbocycles. The summed E-state index contributed by atoms with van der Waals surface area (Å²) in [5.74, 6) is -0.303. The fourth-order valence-electron chi connectivity index (χ4n) is 2.85. The number of anilines is 2. The molecule has 3 rings (SSSR count). The van der Waals surface area contributed by atoms with E-state index < -0.39 is 0 Å². The Morgan fingerprint density at radius 3 is 2.48 bits per heavy atom. The quantitative estimate of drug-likeness (QED) is 0.745. The van der Waals surface area contributed by atoms with Crippen molar-refractivity contribution in [3.8, 4) is 6.07 Å². The first-order valence-corrected chi connectivity index (χ1v) is 8.61. The highest BCUT2D eigenvalue weighted by atomic mass is 16.1. The lowest BCUT2D eigenvalue weighted by Gasteiger charge is -2.22. The van der Waals surface area contributed by atoms with Crippen molar-refractivity contribution in [2.24, 2.45) is 0 Å². The molecule has 0 unspecified atom stereocenters. The van der Waals surface area contributed by atoms with Crippen molar-refractivity contribution >= 4 is 17.3 Å². The highest BCUT2D eigenvalue weighted by Crippen LogP contribution is 2.26. The molecule has 0 radical (unpaired) electrons. The number of hydrogen-bond donors (Lipinski definition) is 1. The Morgan fingerprint density at radius 2 is 1.78 bits per heavy atom. The van der Waals surface area contributed by atoms with Gasteiger partial charge in [-0.2, -0.15) is 5.26 Å². The van der Waals surface area contributed by atoms with Crippen molar-refractivity contribution < 1.29 is 4.79 Å². The third-order valence-corrected chi connectivity index (χ3v) is 4.26. The van der Waals surface area contributed by atoms with E-state index in [0.717, 1.165) is 12.2 Å². The minimum atomic E-state index is -0.303. The summed E-state index contributed by atoms with van der Waals surface area (Å²) in [7, 11) is 1.99. The smallest absolute Gasteiger partial charge is 0.274 e. The number of carbonyl (C=O) groups is 1. The molecule has 0 fully saturated rings. The van der Waals surface area contributed by atoms with E-state index >= 15 is 0 Å². The standard InChI is InChI=1S/C22H20N4O/c1-16-18(14-23)12-13-20(24-16)22(27)25-19-10-6-7-11-21(19)26(2)15-17-8-4-3-5-9-17/h3-13H,15H2,1-2H3,(H,25,27). The van der Waals surface area contributed by atoms with Crippen LogP contribution in [0.2, 0.25) is 0 Å². The van der Waals surface area contributed by atoms with Crippen LogP contribution in [0.4, 0.5) is 11.4 Å². The van der Waals surface area contributed by atoms with Crippen molar-refractivity contribution in [2.75, 3.05) is 17.3 Å². The molecule has 5 heteroatoms. The molecule has 0 atom stereocenters. The van der Waals surface area contributed by atoms with Gasteiger partial charge in [0.05, 0.1) is 22.6 Å². The molecule has 3 aromatic rings. The molecule has 0 saturated carbocycles. The number of aryl methyl sites for hydroxylation is 1. The number of nitriles is 1. The minimum absolute atomic E-state index is 0.284. The van der Waals surface area contributed by atoms with Gasteiger partial charge in [0.1, 0.15) is 11.8 Å². The molecule has 1 N–H and O–H groups in total. The van der Waals surface area contributed by atoms with Gasteiger partial charge in [-0.1, -0.05) is 42.5 Å². The molecule has 0 saturated heterocycles. The zero-order valence-electron chi connectivity index (χ0n) is 15.3. The zero-order chi connectivity index (χ0) is 19.2. The highest BCUT2D eigenvalue weighted by Gasteiger charge is 2.14. The van der Waals surface area contributed by atoms with E-state index in [1.165, 1.54) is 5.56 Å². The van der Waals surface area contributed by atoms with Crippen molar-refractivity contribution in [2.45, 2.75) is 13.5 Å². The third-order valence-electron chi connectivity index (χ3n) is 4.26. The fourth-order valence-corrected chi connectivity index (χ4v) is 2.85. The first kappa shape index (κ1) is 18.2. The van der Waals surface area contributed by atoms with Gasteiger partial charge >= 0.3 is 0 Å². The van der Waals surface area contributed by atoms with Crippen LogP contribution in [0.1, 0.15) is 27.3 Å². The first-order chi connectivity index (χ1) is 13.1. The molecule has 0 spiro atoms. The monoisotopic (exact) mass is 356 g/mol. The Morgan fingerprint density at radius 1 is 1.07 bits per heavy atom. The maximum absolute atomic E-state index is 12.6. The average Bonchev–Trinajstić information content (AvgIpc) is 2.69. The summed E-state index contributed by atoms with van der Waals surface area (Å²) >= 11 is 0. The lowest BCUT2D eigenvalue weighted by atomic mass is 10.1. The Balaban J connectivity index is 1.80. The number of nitrogens with one attached hydrogen (secondary N) is 1. The summed E-state index contributed by atoms with van der Waals surface area (Å²) in [4.78, 5) is 18.9. The van der Waals surface area contributed by atoms with Gasteiger partial charge < -0.3 is 10.2 Å². The molecular formula is C22H20N4O. The second-order valence-electron chi connectivity index (χ2n) is 6.25. The molecule has 2 aromatic carbocycles. The third kappa shape index (κ3) is 4.31. The minimum Gasteiger partial charge on any atom is -0.369 e. The van der Waals surface area contributed by atoms with Crippen LogP contribution in [0.15, 0.2) is 66.7 Å². The van der Waals surface area contributed by atoms with Crippen molar-refractivity contribution in [3.63, 3.8) is 0 Å². The van der Waals surface area contributed by atoms with E-state index in [9.17, 15) is 4.79 Å². The number of carbonyl (C=O) groups excluding carboxylic acids is 1. The number of rotatable bonds is 5. The Labute approximate surface area is 158 Å². The van der Waals surface area contributed by atoms with Crippen LogP contribution in [0.3, 0.4) is 0 Å². The SMILES string of the molecule is Cc1nc(C(=O)Nc2ccccc2N(C)Cc2ccccc2)ccc1C#N. The van der Waals surface area contributed by atoms with Gasteiger partial charge in [0, 0.05) is 13.6 Å². The van der Waals surface area contributed by atoms with Crippen LogP contribution in [0.25, 0.3) is 0 Å². The molecule has 0 aliphatic heterocycles. The molecule has 1 heterocycles. The van der Waals surface area contributed by atoms with Crippen LogP contribution in [0.5, 0.6) is 0 Å². The fraction of sp³-hybridized carbons (Fsp3) is 0.136. The molecule has 0 aliphatic rings. The maximum atomic E-state index is 12.6. The van der Waals surface area contributed by atoms with Crippen molar-refractivity contribution in [1.29, 1.82) is 5.26 Å². The normalized spacial score (nSPS) is 10.1. The van der Waals surface area contributed by atoms with E-state index in [-0.39, 0.29) is 11.6 Å². The molecule has 1 amide bonds. The van der Waals surface area contributed by atoms with Gasteiger partial charge in [-0.05, 0) is 36.8 Å². The second kappa shape index (κ2) is 8.15. The van der Waals surface area contributed by atoms with E-state index in [1.54, 1.807) is 19.1 Å². The van der Waals surface area contributed by atoms with Gasteiger partial charge in [0.2, 0.25) is 0 Å². The Kier molecular flexibility index (Phi) is 5.48. The number of nitrogens with zero attached hydrogens (tertiary/aromatic N) is 3. The predicted molar refractivity (Wildman–Crippen MR) is 107 cm³/mol. The number of amides is 1. The van der Waals surface area contributed by atoms with E-state index in [4.69, 9.17) is 5.26 Å². The van der Waals surface area contributed by atoms with Gasteiger partial charge in [-0.3, -0.25) is 4.79 Å². The molecule has 134 valence electrons. The van der Waals surface area contributed by atoms with Gasteiger partial charge in [-0.25, -0.2) is 4.98 Å². The second-order valence-corrected chi connectivity index (χ2v) is 6.25. The van der Waals surface area contributed by atoms with Gasteiger partial charge in [-0.15, -0.1) is 0 Å². The lowest BCUT2D eigenvalue weighted by molar-refractivity contribution is 0.102. The number of aromatic nitrogens is 1. The molecular weight excluding hydrogens is 336 g/mol. The number of pyridine rings is 1. The van der Waals surface area contributed by atoms with Crippen LogP contribution in [-0.4, -0.2) is 17.9 Å². The highest BCUT2D eigenvalue weighted by molar-refractivity contribution is 6.04. The van der Waals surface area contributed by atoms with E-state index in [2.05, 4.69) is 33.4 Å². The average molecular weight is 356 g/mol. The van der Waals surface area contributed by atoms with Crippen LogP contribution < -0.4 is 10.2 Å². The largest absolute Gasteiger partial charge is 0.369 e. The summed E-state index contributed by atoms with van der Waals surface area (Å²) < 4.78 is 0. The number of para-hydroxylation sites is 2. The zero-order valence-corrected chi connectivity index (χ0v) is 15.3. The van der Waals surface area contributed by atoms with Crippen LogP contribution in [0, 0.1) is 18.3 Å². The summed E-state index contributed by atoms with van der Waals surface area (Å²) in [6.45, 7) is 2.44. The van der Waals surface area contributed by atoms with Crippen molar-refractivity contribution in [3.05, 3.63) is 89.2 Å². The first-order valence-electron chi connectivity index (χ1n) is 8.61. The van der Waals surface area contributed by atoms with Crippen molar-refractivity contribution in [1.82, 2.24) is 4.98 Å². The van der Waals surface area contributed by atoms with Gasteiger partial charge in [0.25, 0.3) is 5.91 Å². The molecule has 5 nitrogen and oxygen atoms in total. The number of benzene rings is 2. The summed E-state index contributed by atoms with van der Waals surface area (Å²) in [5.41, 5.74) is 4.11. The van der Waals surface area contributed by atoms with Gasteiger partial charge in [0.15, 0.2) is 0 Å². The Hall–Kier alpha value is -3.65. The summed E-state index contributed by atoms with van der Waals surface area (Å²) in [6.07, 6.45) is 0. The molecule has 27 heavy (non-hydrogen) atoms. The topological polar surface area (TPSA) is 69.0 Å². The van der Waals surface area contributed by atoms with Crippen LogP contribution in [-0.2, 0) is 6.54 Å². The predicted octanol–water partition coefficient (Wildman–Crippen LogP) is 4.15.